The first-order valence-electron chi connectivity index (χ1n) is 8.83. The van der Waals surface area contributed by atoms with Crippen LogP contribution in [0.15, 0.2) is 48.9 Å². The van der Waals surface area contributed by atoms with E-state index in [-0.39, 0.29) is 34.0 Å². The van der Waals surface area contributed by atoms with Crippen molar-refractivity contribution in [3.05, 3.63) is 48.9 Å². The topological polar surface area (TPSA) is 7.76 Å². The number of unbranched alkanes of at least 4 members (excludes halogenated alkanes) is 4. The van der Waals surface area contributed by atoms with E-state index in [4.69, 9.17) is 0 Å². The number of hydrogen-bond donors (Lipinski definition) is 0. The summed E-state index contributed by atoms with van der Waals surface area (Å²) in [5.41, 5.74) is 2.63. The Hall–Kier alpha value is -0.740. The van der Waals surface area contributed by atoms with Crippen molar-refractivity contribution in [2.75, 3.05) is 0 Å². The first kappa shape index (κ1) is 23.3. The summed E-state index contributed by atoms with van der Waals surface area (Å²) < 4.78 is 4.68. The van der Waals surface area contributed by atoms with Gasteiger partial charge in [-0.25, -0.2) is 4.57 Å². The Labute approximate surface area is 168 Å². The van der Waals surface area contributed by atoms with Crippen LogP contribution in [-0.4, -0.2) is 0 Å². The lowest BCUT2D eigenvalue weighted by Crippen LogP contribution is -3.00. The van der Waals surface area contributed by atoms with Crippen LogP contribution in [0.3, 0.4) is 0 Å². The summed E-state index contributed by atoms with van der Waals surface area (Å²) >= 11 is 0. The Morgan fingerprint density at radius 2 is 1.33 bits per heavy atom. The van der Waals surface area contributed by atoms with Gasteiger partial charge in [-0.3, -0.25) is 0 Å². The molecule has 0 atom stereocenters. The highest BCUT2D eigenvalue weighted by Crippen LogP contribution is 2.13. The molecule has 0 radical (unpaired) electrons. The Kier molecular flexibility index (Phi) is 13.1. The molecule has 0 bridgehead atoms. The van der Waals surface area contributed by atoms with Gasteiger partial charge in [0.2, 0.25) is 5.69 Å². The zero-order valence-corrected chi connectivity index (χ0v) is 18.1. The Morgan fingerprint density at radius 3 is 1.96 bits per heavy atom. The molecule has 2 nitrogen and oxygen atoms in total. The van der Waals surface area contributed by atoms with E-state index >= 15 is 0 Å². The van der Waals surface area contributed by atoms with Crippen LogP contribution in [0.25, 0.3) is 11.3 Å². The molecule has 2 aromatic rings. The molecule has 0 amide bonds. The second-order valence-electron chi connectivity index (χ2n) is 6.02. The van der Waals surface area contributed by atoms with E-state index < -0.39 is 0 Å². The van der Waals surface area contributed by atoms with Gasteiger partial charge in [-0.15, -0.1) is 0 Å². The number of rotatable bonds is 9. The van der Waals surface area contributed by atoms with Gasteiger partial charge in [-0.05, 0) is 18.9 Å². The number of hydrogen-bond acceptors (Lipinski definition) is 0. The highest BCUT2D eigenvalue weighted by atomic mass is 79.9. The van der Waals surface area contributed by atoms with Gasteiger partial charge in [0, 0.05) is 37.1 Å². The van der Waals surface area contributed by atoms with Crippen molar-refractivity contribution in [2.45, 2.75) is 65.5 Å². The third kappa shape index (κ3) is 7.43. The third-order valence-electron chi connectivity index (χ3n) is 4.15. The maximum Gasteiger partial charge on any atom is 0.212 e. The highest BCUT2D eigenvalue weighted by Gasteiger charge is 2.13. The van der Waals surface area contributed by atoms with Crippen LogP contribution in [-0.2, 0) is 13.1 Å². The molecule has 0 saturated carbocycles. The SMILES string of the molecule is CCCCC[n+]1ccc(-c2cccc[n+]2CCCCC)cc1.[Br-].[Br-]. The molecule has 2 aromatic heterocycles. The van der Waals surface area contributed by atoms with Crippen LogP contribution < -0.4 is 43.1 Å². The fraction of sp³-hybridized carbons (Fsp3) is 0.500. The van der Waals surface area contributed by atoms with Crippen LogP contribution in [0.5, 0.6) is 0 Å². The van der Waals surface area contributed by atoms with E-state index in [0.717, 1.165) is 13.1 Å². The minimum Gasteiger partial charge on any atom is -1.00 e. The lowest BCUT2D eigenvalue weighted by atomic mass is 10.1. The molecule has 134 valence electrons. The first-order valence-corrected chi connectivity index (χ1v) is 8.83. The fourth-order valence-corrected chi connectivity index (χ4v) is 2.79. The molecule has 0 N–H and O–H groups in total. The summed E-state index contributed by atoms with van der Waals surface area (Å²) in [6, 6.07) is 11.0. The van der Waals surface area contributed by atoms with E-state index in [0.29, 0.717) is 0 Å². The highest BCUT2D eigenvalue weighted by molar-refractivity contribution is 5.54. The summed E-state index contributed by atoms with van der Waals surface area (Å²) in [5.74, 6) is 0. The lowest BCUT2D eigenvalue weighted by molar-refractivity contribution is -0.698. The van der Waals surface area contributed by atoms with Crippen LogP contribution in [0.2, 0.25) is 0 Å². The minimum atomic E-state index is 0. The quantitative estimate of drug-likeness (QED) is 0.314. The van der Waals surface area contributed by atoms with Crippen molar-refractivity contribution in [1.82, 2.24) is 0 Å². The van der Waals surface area contributed by atoms with Crippen LogP contribution in [0, 0.1) is 0 Å². The molecule has 4 heteroatoms. The fourth-order valence-electron chi connectivity index (χ4n) is 2.79. The summed E-state index contributed by atoms with van der Waals surface area (Å²) in [4.78, 5) is 0. The van der Waals surface area contributed by atoms with Gasteiger partial charge in [-0.2, -0.15) is 4.57 Å². The number of nitrogens with zero attached hydrogens (tertiary/aromatic N) is 2. The number of aryl methyl sites for hydroxylation is 2. The number of halogens is 2. The lowest BCUT2D eigenvalue weighted by Gasteiger charge is -2.04. The van der Waals surface area contributed by atoms with Gasteiger partial charge in [0.05, 0.1) is 5.56 Å². The zero-order chi connectivity index (χ0) is 15.6. The van der Waals surface area contributed by atoms with Gasteiger partial charge in [-0.1, -0.05) is 26.7 Å². The zero-order valence-electron chi connectivity index (χ0n) is 14.9. The Morgan fingerprint density at radius 1 is 0.708 bits per heavy atom. The molecule has 0 aliphatic heterocycles. The maximum atomic E-state index is 2.38. The second-order valence-corrected chi connectivity index (χ2v) is 6.02. The van der Waals surface area contributed by atoms with Crippen molar-refractivity contribution in [1.29, 1.82) is 0 Å². The minimum absolute atomic E-state index is 0. The number of aromatic nitrogens is 2. The Bertz CT molecular complexity index is 556. The normalized spacial score (nSPS) is 9.92. The summed E-state index contributed by atoms with van der Waals surface area (Å²) in [5, 5.41) is 0. The smallest absolute Gasteiger partial charge is 0.212 e. The largest absolute Gasteiger partial charge is 1.00 e. The molecular weight excluding hydrogens is 428 g/mol. The average molecular weight is 458 g/mol. The van der Waals surface area contributed by atoms with E-state index in [2.05, 4.69) is 71.9 Å². The van der Waals surface area contributed by atoms with Crippen LogP contribution in [0.1, 0.15) is 52.4 Å². The van der Waals surface area contributed by atoms with E-state index in [1.165, 1.54) is 49.8 Å². The van der Waals surface area contributed by atoms with Crippen molar-refractivity contribution >= 4 is 0 Å². The van der Waals surface area contributed by atoms with Gasteiger partial charge < -0.3 is 34.0 Å². The second kappa shape index (κ2) is 13.5. The molecule has 0 aromatic carbocycles. The summed E-state index contributed by atoms with van der Waals surface area (Å²) in [7, 11) is 0. The van der Waals surface area contributed by atoms with Crippen molar-refractivity contribution in [3.8, 4) is 11.3 Å². The Balaban J connectivity index is 0.00000264. The van der Waals surface area contributed by atoms with Crippen molar-refractivity contribution < 1.29 is 43.1 Å². The molecule has 0 saturated heterocycles. The summed E-state index contributed by atoms with van der Waals surface area (Å²) in [6.45, 7) is 6.74. The predicted molar refractivity (Wildman–Crippen MR) is 91.3 cm³/mol. The van der Waals surface area contributed by atoms with Gasteiger partial charge in [0.25, 0.3) is 0 Å². The van der Waals surface area contributed by atoms with E-state index in [9.17, 15) is 0 Å². The predicted octanol–water partition coefficient (Wildman–Crippen LogP) is -1.68. The molecular formula is C20H30Br2N2. The van der Waals surface area contributed by atoms with Crippen molar-refractivity contribution in [3.63, 3.8) is 0 Å². The molecule has 0 spiro atoms. The summed E-state index contributed by atoms with van der Waals surface area (Å²) in [6.07, 6.45) is 14.3. The molecule has 2 heterocycles. The van der Waals surface area contributed by atoms with Crippen LogP contribution in [0.4, 0.5) is 0 Å². The van der Waals surface area contributed by atoms with E-state index in [1.54, 1.807) is 0 Å². The van der Waals surface area contributed by atoms with Gasteiger partial charge in [0.1, 0.15) is 13.1 Å². The monoisotopic (exact) mass is 456 g/mol. The molecule has 0 fully saturated rings. The molecule has 0 aliphatic rings. The van der Waals surface area contributed by atoms with Gasteiger partial charge in [0.15, 0.2) is 18.6 Å². The molecule has 0 aliphatic carbocycles. The molecule has 24 heavy (non-hydrogen) atoms. The third-order valence-corrected chi connectivity index (χ3v) is 4.15. The average Bonchev–Trinajstić information content (AvgIpc) is 2.57. The van der Waals surface area contributed by atoms with Crippen molar-refractivity contribution in [2.24, 2.45) is 0 Å². The number of pyridine rings is 2. The standard InChI is InChI=1S/C20H30N2.2BrH/c1-3-5-8-14-21-17-12-19(13-18-21)20-11-7-10-16-22(20)15-9-6-4-2;;/h7,10-13,16-18H,3-6,8-9,14-15H2,1-2H3;2*1H/q+2;;/p-2. The maximum absolute atomic E-state index is 2.38. The first-order chi connectivity index (χ1) is 10.8. The van der Waals surface area contributed by atoms with E-state index in [1.807, 2.05) is 0 Å². The molecule has 2 rings (SSSR count). The van der Waals surface area contributed by atoms with Crippen LogP contribution >= 0.6 is 0 Å². The molecule has 0 unspecified atom stereocenters. The van der Waals surface area contributed by atoms with Gasteiger partial charge >= 0.3 is 0 Å².